The van der Waals surface area contributed by atoms with Gasteiger partial charge in [0.05, 0.1) is 25.7 Å². The summed E-state index contributed by atoms with van der Waals surface area (Å²) < 4.78 is 10.4. The van der Waals surface area contributed by atoms with Crippen LogP contribution in [0, 0.1) is 5.92 Å². The molecule has 1 aliphatic carbocycles. The fourth-order valence-electron chi connectivity index (χ4n) is 3.36. The summed E-state index contributed by atoms with van der Waals surface area (Å²) in [7, 11) is 1.61. The Kier molecular flexibility index (Phi) is 6.16. The van der Waals surface area contributed by atoms with Crippen LogP contribution in [0.15, 0.2) is 24.3 Å². The molecule has 0 unspecified atom stereocenters. The second-order valence-electron chi connectivity index (χ2n) is 6.85. The Morgan fingerprint density at radius 1 is 1.26 bits per heavy atom. The van der Waals surface area contributed by atoms with Gasteiger partial charge < -0.3 is 14.8 Å². The van der Waals surface area contributed by atoms with E-state index in [0.717, 1.165) is 36.1 Å². The topological polar surface area (TPSA) is 64.6 Å². The van der Waals surface area contributed by atoms with E-state index in [9.17, 15) is 9.59 Å². The highest BCUT2D eigenvalue weighted by Crippen LogP contribution is 2.40. The van der Waals surface area contributed by atoms with Gasteiger partial charge in [-0.05, 0) is 55.4 Å². The maximum Gasteiger partial charge on any atom is 0.341 e. The molecule has 6 heteroatoms. The predicted octanol–water partition coefficient (Wildman–Crippen LogP) is 4.24. The van der Waals surface area contributed by atoms with E-state index in [2.05, 4.69) is 12.2 Å². The molecule has 27 heavy (non-hydrogen) atoms. The summed E-state index contributed by atoms with van der Waals surface area (Å²) >= 11 is 1.51. The molecule has 0 saturated carbocycles. The number of methoxy groups -OCH3 is 1. The molecule has 1 heterocycles. The van der Waals surface area contributed by atoms with Crippen molar-refractivity contribution in [1.82, 2.24) is 0 Å². The number of fused-ring (bicyclic) bond motifs is 1. The summed E-state index contributed by atoms with van der Waals surface area (Å²) in [6.07, 6.45) is 3.09. The van der Waals surface area contributed by atoms with Crippen molar-refractivity contribution < 1.29 is 19.1 Å². The van der Waals surface area contributed by atoms with E-state index in [4.69, 9.17) is 9.47 Å². The first-order valence-corrected chi connectivity index (χ1v) is 10.1. The zero-order valence-electron chi connectivity index (χ0n) is 16.0. The fraction of sp³-hybridized carbons (Fsp3) is 0.429. The Balaban J connectivity index is 1.80. The molecular weight excluding hydrogens is 362 g/mol. The minimum atomic E-state index is -0.343. The van der Waals surface area contributed by atoms with Crippen molar-refractivity contribution >= 4 is 28.2 Å². The lowest BCUT2D eigenvalue weighted by Gasteiger charge is -2.18. The van der Waals surface area contributed by atoms with Gasteiger partial charge in [-0.2, -0.15) is 0 Å². The minimum Gasteiger partial charge on any atom is -0.497 e. The number of benzene rings is 1. The highest BCUT2D eigenvalue weighted by atomic mass is 32.1. The third-order valence-corrected chi connectivity index (χ3v) is 5.94. The van der Waals surface area contributed by atoms with Crippen LogP contribution in [-0.2, 0) is 28.8 Å². The van der Waals surface area contributed by atoms with E-state index in [1.807, 2.05) is 24.3 Å². The number of hydrogen-bond donors (Lipinski definition) is 1. The number of carbonyl (C=O) groups excluding carboxylic acids is 2. The molecule has 0 spiro atoms. The molecule has 5 nitrogen and oxygen atoms in total. The van der Waals surface area contributed by atoms with Crippen LogP contribution in [0.25, 0.3) is 0 Å². The second kappa shape index (κ2) is 8.57. The average Bonchev–Trinajstić information content (AvgIpc) is 2.99. The van der Waals surface area contributed by atoms with Crippen LogP contribution in [0.4, 0.5) is 5.00 Å². The first kappa shape index (κ1) is 19.4. The van der Waals surface area contributed by atoms with Crippen LogP contribution in [0.5, 0.6) is 5.75 Å². The van der Waals surface area contributed by atoms with Crippen LogP contribution in [0.2, 0.25) is 0 Å². The summed E-state index contributed by atoms with van der Waals surface area (Å²) in [6, 6.07) is 7.40. The SMILES string of the molecule is CCOC(=O)c1c(NC(=O)Cc2ccc(OC)cc2)sc2c1CC[C@@H](C)C2. The number of hydrogen-bond acceptors (Lipinski definition) is 5. The lowest BCUT2D eigenvalue weighted by molar-refractivity contribution is -0.115. The molecule has 144 valence electrons. The number of thiophene rings is 1. The number of amides is 1. The molecule has 3 rings (SSSR count). The highest BCUT2D eigenvalue weighted by Gasteiger charge is 2.29. The third kappa shape index (κ3) is 4.50. The Labute approximate surface area is 163 Å². The van der Waals surface area contributed by atoms with E-state index in [-0.39, 0.29) is 18.3 Å². The number of nitrogens with one attached hydrogen (secondary N) is 1. The smallest absolute Gasteiger partial charge is 0.341 e. The van der Waals surface area contributed by atoms with E-state index in [1.165, 1.54) is 16.2 Å². The Morgan fingerprint density at radius 3 is 2.67 bits per heavy atom. The number of ether oxygens (including phenoxy) is 2. The van der Waals surface area contributed by atoms with Crippen molar-refractivity contribution in [3.8, 4) is 5.75 Å². The van der Waals surface area contributed by atoms with E-state index in [0.29, 0.717) is 23.1 Å². The van der Waals surface area contributed by atoms with Gasteiger partial charge in [0.25, 0.3) is 0 Å². The number of esters is 1. The molecule has 1 aliphatic rings. The monoisotopic (exact) mass is 387 g/mol. The van der Waals surface area contributed by atoms with Gasteiger partial charge in [0.1, 0.15) is 10.8 Å². The molecule has 1 N–H and O–H groups in total. The molecule has 0 aliphatic heterocycles. The van der Waals surface area contributed by atoms with Crippen molar-refractivity contribution in [2.24, 2.45) is 5.92 Å². The van der Waals surface area contributed by atoms with E-state index >= 15 is 0 Å². The summed E-state index contributed by atoms with van der Waals surface area (Å²) in [6.45, 7) is 4.33. The maximum atomic E-state index is 12.6. The van der Waals surface area contributed by atoms with Gasteiger partial charge in [-0.3, -0.25) is 4.79 Å². The molecule has 2 aromatic rings. The van der Waals surface area contributed by atoms with Crippen LogP contribution < -0.4 is 10.1 Å². The van der Waals surface area contributed by atoms with Crippen molar-refractivity contribution in [3.05, 3.63) is 45.8 Å². The van der Waals surface area contributed by atoms with Crippen LogP contribution in [0.1, 0.15) is 46.6 Å². The highest BCUT2D eigenvalue weighted by molar-refractivity contribution is 7.17. The van der Waals surface area contributed by atoms with Gasteiger partial charge in [-0.25, -0.2) is 4.79 Å². The molecule has 0 radical (unpaired) electrons. The van der Waals surface area contributed by atoms with Crippen molar-refractivity contribution in [2.75, 3.05) is 19.0 Å². The first-order valence-electron chi connectivity index (χ1n) is 9.26. The van der Waals surface area contributed by atoms with Crippen LogP contribution in [-0.4, -0.2) is 25.6 Å². The van der Waals surface area contributed by atoms with Crippen molar-refractivity contribution in [1.29, 1.82) is 0 Å². The normalized spacial score (nSPS) is 15.7. The van der Waals surface area contributed by atoms with Crippen molar-refractivity contribution in [2.45, 2.75) is 39.5 Å². The Morgan fingerprint density at radius 2 is 2.00 bits per heavy atom. The predicted molar refractivity (Wildman–Crippen MR) is 107 cm³/mol. The fourth-order valence-corrected chi connectivity index (χ4v) is 4.77. The molecule has 1 amide bonds. The molecule has 0 saturated heterocycles. The minimum absolute atomic E-state index is 0.141. The molecule has 1 aromatic carbocycles. The molecular formula is C21H25NO4S. The molecule has 1 atom stereocenters. The van der Waals surface area contributed by atoms with E-state index < -0.39 is 0 Å². The second-order valence-corrected chi connectivity index (χ2v) is 7.95. The summed E-state index contributed by atoms with van der Waals surface area (Å²) in [5, 5.41) is 3.56. The van der Waals surface area contributed by atoms with Gasteiger partial charge in [-0.15, -0.1) is 11.3 Å². The van der Waals surface area contributed by atoms with Gasteiger partial charge in [-0.1, -0.05) is 19.1 Å². The van der Waals surface area contributed by atoms with Gasteiger partial charge >= 0.3 is 5.97 Å². The lowest BCUT2D eigenvalue weighted by Crippen LogP contribution is -2.17. The largest absolute Gasteiger partial charge is 0.497 e. The Bertz CT molecular complexity index is 825. The maximum absolute atomic E-state index is 12.6. The van der Waals surface area contributed by atoms with E-state index in [1.54, 1.807) is 14.0 Å². The lowest BCUT2D eigenvalue weighted by atomic mass is 9.88. The van der Waals surface area contributed by atoms with Crippen molar-refractivity contribution in [3.63, 3.8) is 0 Å². The quantitative estimate of drug-likeness (QED) is 0.753. The standard InChI is InChI=1S/C21H25NO4S/c1-4-26-21(24)19-16-10-5-13(2)11-17(16)27-20(19)22-18(23)12-14-6-8-15(25-3)9-7-14/h6-9,13H,4-5,10-12H2,1-3H3,(H,22,23)/t13-/m1/s1. The van der Waals surface area contributed by atoms with Gasteiger partial charge in [0.15, 0.2) is 0 Å². The number of rotatable bonds is 6. The average molecular weight is 388 g/mol. The van der Waals surface area contributed by atoms with Gasteiger partial charge in [0, 0.05) is 4.88 Å². The summed E-state index contributed by atoms with van der Waals surface area (Å²) in [5.41, 5.74) is 2.49. The number of carbonyl (C=O) groups is 2. The van der Waals surface area contributed by atoms with Gasteiger partial charge in [0.2, 0.25) is 5.91 Å². The third-order valence-electron chi connectivity index (χ3n) is 4.77. The zero-order chi connectivity index (χ0) is 19.4. The Hall–Kier alpha value is -2.34. The number of anilines is 1. The zero-order valence-corrected chi connectivity index (χ0v) is 16.8. The van der Waals surface area contributed by atoms with Crippen LogP contribution >= 0.6 is 11.3 Å². The molecule has 1 aromatic heterocycles. The molecule has 0 fully saturated rings. The summed E-state index contributed by atoms with van der Waals surface area (Å²) in [5.74, 6) is 0.861. The molecule has 0 bridgehead atoms. The van der Waals surface area contributed by atoms with Crippen LogP contribution in [0.3, 0.4) is 0 Å². The summed E-state index contributed by atoms with van der Waals surface area (Å²) in [4.78, 5) is 26.3. The first-order chi connectivity index (χ1) is 13.0.